The van der Waals surface area contributed by atoms with Crippen LogP contribution in [0.15, 0.2) is 34.4 Å². The fourth-order valence-corrected chi connectivity index (χ4v) is 2.90. The second kappa shape index (κ2) is 4.67. The van der Waals surface area contributed by atoms with Crippen LogP contribution in [0.5, 0.6) is 0 Å². The molecule has 0 saturated carbocycles. The van der Waals surface area contributed by atoms with Gasteiger partial charge < -0.3 is 10.7 Å². The normalized spacial score (nSPS) is 10.8. The van der Waals surface area contributed by atoms with Crippen molar-refractivity contribution < 1.29 is 4.79 Å². The van der Waals surface area contributed by atoms with Crippen molar-refractivity contribution in [3.05, 3.63) is 39.9 Å². The van der Waals surface area contributed by atoms with Crippen molar-refractivity contribution >= 4 is 54.9 Å². The Hall–Kier alpha value is -1.86. The van der Waals surface area contributed by atoms with Gasteiger partial charge >= 0.3 is 0 Å². The van der Waals surface area contributed by atoms with Crippen LogP contribution in [0.4, 0.5) is 10.8 Å². The van der Waals surface area contributed by atoms with Gasteiger partial charge in [-0.3, -0.25) is 10.1 Å². The van der Waals surface area contributed by atoms with E-state index >= 15 is 0 Å². The minimum Gasteiger partial charge on any atom is -0.399 e. The Morgan fingerprint density at radius 3 is 3.05 bits per heavy atom. The van der Waals surface area contributed by atoms with Crippen molar-refractivity contribution in [3.8, 4) is 0 Å². The van der Waals surface area contributed by atoms with Crippen LogP contribution in [0, 0.1) is 0 Å². The quantitative estimate of drug-likeness (QED) is 0.628. The molecular formula is C12H9BrN4OS. The zero-order valence-corrected chi connectivity index (χ0v) is 12.0. The molecule has 5 nitrogen and oxygen atoms in total. The van der Waals surface area contributed by atoms with Gasteiger partial charge in [0.15, 0.2) is 5.13 Å². The van der Waals surface area contributed by atoms with Gasteiger partial charge in [0.25, 0.3) is 5.91 Å². The number of carbonyl (C=O) groups excluding carboxylic acids is 1. The molecule has 0 atom stereocenters. The number of rotatable bonds is 2. The van der Waals surface area contributed by atoms with Crippen LogP contribution < -0.4 is 11.1 Å². The Bertz CT molecular complexity index is 764. The standard InChI is InChI=1S/C12H9BrN4OS/c13-10-5-16-12(19-10)17-11(18)8-4-15-9-2-1-6(14)3-7(8)9/h1-5,15H,14H2,(H,16,17,18). The monoisotopic (exact) mass is 336 g/mol. The largest absolute Gasteiger partial charge is 0.399 e. The first-order valence-electron chi connectivity index (χ1n) is 5.43. The number of anilines is 2. The first-order chi connectivity index (χ1) is 9.13. The smallest absolute Gasteiger partial charge is 0.259 e. The van der Waals surface area contributed by atoms with Gasteiger partial charge in [-0.1, -0.05) is 11.3 Å². The molecule has 0 aliphatic heterocycles. The highest BCUT2D eigenvalue weighted by Crippen LogP contribution is 2.25. The summed E-state index contributed by atoms with van der Waals surface area (Å²) in [6.45, 7) is 0. The molecule has 0 unspecified atom stereocenters. The number of amides is 1. The molecular weight excluding hydrogens is 328 g/mol. The Balaban J connectivity index is 1.95. The van der Waals surface area contributed by atoms with Gasteiger partial charge in [-0.15, -0.1) is 0 Å². The maximum Gasteiger partial charge on any atom is 0.259 e. The van der Waals surface area contributed by atoms with Crippen LogP contribution in [0.3, 0.4) is 0 Å². The summed E-state index contributed by atoms with van der Waals surface area (Å²) in [5.41, 5.74) is 7.79. The Morgan fingerprint density at radius 2 is 2.32 bits per heavy atom. The first kappa shape index (κ1) is 12.2. The number of nitrogens with two attached hydrogens (primary N) is 1. The van der Waals surface area contributed by atoms with E-state index in [4.69, 9.17) is 5.73 Å². The van der Waals surface area contributed by atoms with Gasteiger partial charge in [-0.25, -0.2) is 4.98 Å². The molecule has 3 rings (SSSR count). The summed E-state index contributed by atoms with van der Waals surface area (Å²) in [7, 11) is 0. The maximum atomic E-state index is 12.2. The number of hydrogen-bond donors (Lipinski definition) is 3. The summed E-state index contributed by atoms with van der Waals surface area (Å²) < 4.78 is 0.867. The number of H-pyrrole nitrogens is 1. The Morgan fingerprint density at radius 1 is 1.47 bits per heavy atom. The van der Waals surface area contributed by atoms with Crippen molar-refractivity contribution in [2.24, 2.45) is 0 Å². The zero-order chi connectivity index (χ0) is 13.4. The van der Waals surface area contributed by atoms with Gasteiger partial charge in [0.05, 0.1) is 15.5 Å². The number of fused-ring (bicyclic) bond motifs is 1. The molecule has 4 N–H and O–H groups in total. The summed E-state index contributed by atoms with van der Waals surface area (Å²) in [4.78, 5) is 19.3. The highest BCUT2D eigenvalue weighted by molar-refractivity contribution is 9.11. The number of nitrogens with one attached hydrogen (secondary N) is 2. The molecule has 19 heavy (non-hydrogen) atoms. The first-order valence-corrected chi connectivity index (χ1v) is 7.04. The number of nitrogens with zero attached hydrogens (tertiary/aromatic N) is 1. The third kappa shape index (κ3) is 2.34. The van der Waals surface area contributed by atoms with Crippen LogP contribution in [-0.2, 0) is 0 Å². The van der Waals surface area contributed by atoms with Crippen LogP contribution in [0.2, 0.25) is 0 Å². The Kier molecular flexibility index (Phi) is 3.00. The molecule has 96 valence electrons. The maximum absolute atomic E-state index is 12.2. The van der Waals surface area contributed by atoms with Gasteiger partial charge in [-0.2, -0.15) is 0 Å². The van der Waals surface area contributed by atoms with E-state index < -0.39 is 0 Å². The molecule has 0 aliphatic carbocycles. The second-order valence-electron chi connectivity index (χ2n) is 3.93. The average Bonchev–Trinajstić information content (AvgIpc) is 2.95. The number of nitrogen functional groups attached to an aromatic ring is 1. The van der Waals surface area contributed by atoms with Gasteiger partial charge in [-0.05, 0) is 34.1 Å². The number of hydrogen-bond acceptors (Lipinski definition) is 4. The van der Waals surface area contributed by atoms with Crippen molar-refractivity contribution in [2.45, 2.75) is 0 Å². The third-order valence-electron chi connectivity index (χ3n) is 2.65. The fourth-order valence-electron chi connectivity index (χ4n) is 1.80. The molecule has 2 aromatic heterocycles. The summed E-state index contributed by atoms with van der Waals surface area (Å²) >= 11 is 4.66. The van der Waals surface area contributed by atoms with Gasteiger partial charge in [0.2, 0.25) is 0 Å². The van der Waals surface area contributed by atoms with Crippen LogP contribution in [0.1, 0.15) is 10.4 Å². The molecule has 0 radical (unpaired) electrons. The average molecular weight is 337 g/mol. The summed E-state index contributed by atoms with van der Waals surface area (Å²) in [6, 6.07) is 5.42. The molecule has 0 saturated heterocycles. The third-order valence-corrected chi connectivity index (χ3v) is 4.04. The summed E-state index contributed by atoms with van der Waals surface area (Å²) in [6.07, 6.45) is 3.32. The predicted molar refractivity (Wildman–Crippen MR) is 80.5 cm³/mol. The molecule has 0 bridgehead atoms. The minimum atomic E-state index is -0.210. The fraction of sp³-hybridized carbons (Fsp3) is 0. The van der Waals surface area contributed by atoms with Crippen LogP contribution in [0.25, 0.3) is 10.9 Å². The van der Waals surface area contributed by atoms with E-state index in [1.165, 1.54) is 11.3 Å². The predicted octanol–water partition coefficient (Wildman–Crippen LogP) is 3.22. The summed E-state index contributed by atoms with van der Waals surface area (Å²) in [5, 5.41) is 4.10. The van der Waals surface area contributed by atoms with Crippen molar-refractivity contribution in [2.75, 3.05) is 11.1 Å². The SMILES string of the molecule is Nc1ccc2[nH]cc(C(=O)Nc3ncc(Br)s3)c2c1. The van der Waals surface area contributed by atoms with E-state index in [2.05, 4.69) is 31.2 Å². The number of halogens is 1. The number of benzene rings is 1. The highest BCUT2D eigenvalue weighted by atomic mass is 79.9. The second-order valence-corrected chi connectivity index (χ2v) is 6.34. The lowest BCUT2D eigenvalue weighted by Gasteiger charge is -2.00. The van der Waals surface area contributed by atoms with E-state index in [0.29, 0.717) is 16.4 Å². The topological polar surface area (TPSA) is 83.8 Å². The molecule has 3 aromatic rings. The van der Waals surface area contributed by atoms with Gasteiger partial charge in [0, 0.05) is 22.8 Å². The van der Waals surface area contributed by atoms with E-state index in [1.807, 2.05) is 6.07 Å². The van der Waals surface area contributed by atoms with Crippen LogP contribution in [-0.4, -0.2) is 15.9 Å². The van der Waals surface area contributed by atoms with Crippen molar-refractivity contribution in [1.29, 1.82) is 0 Å². The van der Waals surface area contributed by atoms with E-state index in [1.54, 1.807) is 24.5 Å². The molecule has 0 fully saturated rings. The molecule has 2 heterocycles. The van der Waals surface area contributed by atoms with Crippen molar-refractivity contribution in [3.63, 3.8) is 0 Å². The van der Waals surface area contributed by atoms with Gasteiger partial charge in [0.1, 0.15) is 0 Å². The molecule has 0 aliphatic rings. The highest BCUT2D eigenvalue weighted by Gasteiger charge is 2.13. The molecule has 1 amide bonds. The number of aromatic amines is 1. The molecule has 0 spiro atoms. The van der Waals surface area contributed by atoms with Crippen LogP contribution >= 0.6 is 27.3 Å². The zero-order valence-electron chi connectivity index (χ0n) is 9.61. The number of carbonyl (C=O) groups is 1. The van der Waals surface area contributed by atoms with E-state index in [0.717, 1.165) is 14.7 Å². The minimum absolute atomic E-state index is 0.210. The lowest BCUT2D eigenvalue weighted by molar-refractivity contribution is 0.102. The lowest BCUT2D eigenvalue weighted by atomic mass is 10.1. The summed E-state index contributed by atoms with van der Waals surface area (Å²) in [5.74, 6) is -0.210. The van der Waals surface area contributed by atoms with E-state index in [9.17, 15) is 4.79 Å². The van der Waals surface area contributed by atoms with Crippen molar-refractivity contribution in [1.82, 2.24) is 9.97 Å². The Labute approximate surface area is 121 Å². The molecule has 7 heteroatoms. The number of thiazole rings is 1. The van der Waals surface area contributed by atoms with E-state index in [-0.39, 0.29) is 5.91 Å². The number of aromatic nitrogens is 2. The lowest BCUT2D eigenvalue weighted by Crippen LogP contribution is -2.10. The molecule has 1 aromatic carbocycles.